The number of hydrogen-bond acceptors (Lipinski definition) is 1. The minimum absolute atomic E-state index is 0.0499. The molecule has 0 bridgehead atoms. The van der Waals surface area contributed by atoms with Crippen molar-refractivity contribution >= 4 is 5.82 Å². The zero-order chi connectivity index (χ0) is 10.2. The van der Waals surface area contributed by atoms with Gasteiger partial charge in [0.25, 0.3) is 5.82 Å². The number of aryl methyl sites for hydroxylation is 2. The van der Waals surface area contributed by atoms with Crippen LogP contribution in [0.15, 0.2) is 6.04 Å². The second-order valence-corrected chi connectivity index (χ2v) is 1.53. The van der Waals surface area contributed by atoms with Gasteiger partial charge in [0.2, 0.25) is 0 Å². The van der Waals surface area contributed by atoms with Crippen LogP contribution in [0.25, 0.3) is 4.85 Å². The standard InChI is InChI=1S/C6H7N3/c1-5-4-6(7-2)9(3)8-5/h4H,1,3H3/i1D3,4D. The molecule has 1 rings (SSSR count). The van der Waals surface area contributed by atoms with Crippen LogP contribution in [0.3, 0.4) is 0 Å². The Labute approximate surface area is 59.4 Å². The van der Waals surface area contributed by atoms with E-state index in [4.69, 9.17) is 12.1 Å². The Morgan fingerprint density at radius 3 is 3.22 bits per heavy atom. The number of hydrogen-bond donors (Lipinski definition) is 0. The van der Waals surface area contributed by atoms with Crippen molar-refractivity contribution in [1.82, 2.24) is 9.78 Å². The van der Waals surface area contributed by atoms with Gasteiger partial charge in [-0.15, -0.1) is 5.10 Å². The molecule has 0 N–H and O–H groups in total. The summed E-state index contributed by atoms with van der Waals surface area (Å²) >= 11 is 0. The highest BCUT2D eigenvalue weighted by Crippen LogP contribution is 2.10. The van der Waals surface area contributed by atoms with E-state index in [1.54, 1.807) is 0 Å². The van der Waals surface area contributed by atoms with Crippen molar-refractivity contribution in [3.8, 4) is 0 Å². The van der Waals surface area contributed by atoms with Gasteiger partial charge < -0.3 is 4.85 Å². The Morgan fingerprint density at radius 2 is 2.89 bits per heavy atom. The Morgan fingerprint density at radius 1 is 2.11 bits per heavy atom. The maximum absolute atomic E-state index is 7.37. The molecule has 0 atom stereocenters. The van der Waals surface area contributed by atoms with Crippen LogP contribution >= 0.6 is 0 Å². The van der Waals surface area contributed by atoms with Crippen molar-refractivity contribution in [3.63, 3.8) is 0 Å². The predicted molar refractivity (Wildman–Crippen MR) is 34.2 cm³/mol. The van der Waals surface area contributed by atoms with Crippen molar-refractivity contribution in [3.05, 3.63) is 23.2 Å². The fraction of sp³-hybridized carbons (Fsp3) is 0.333. The number of rotatable bonds is 0. The van der Waals surface area contributed by atoms with Crippen LogP contribution in [0.2, 0.25) is 0 Å². The van der Waals surface area contributed by atoms with Crippen molar-refractivity contribution in [2.24, 2.45) is 7.05 Å². The number of nitrogens with zero attached hydrogens (tertiary/aromatic N) is 3. The van der Waals surface area contributed by atoms with Gasteiger partial charge in [0.1, 0.15) is 0 Å². The second kappa shape index (κ2) is 1.90. The molecule has 1 aromatic rings. The van der Waals surface area contributed by atoms with E-state index in [9.17, 15) is 0 Å². The summed E-state index contributed by atoms with van der Waals surface area (Å²) in [5.74, 6) is -0.0499. The molecule has 0 saturated carbocycles. The minimum atomic E-state index is -2.42. The van der Waals surface area contributed by atoms with E-state index in [1.807, 2.05) is 0 Å². The first-order valence-electron chi connectivity index (χ1n) is 4.29. The highest BCUT2D eigenvalue weighted by molar-refractivity contribution is 5.37. The van der Waals surface area contributed by atoms with Gasteiger partial charge in [-0.3, -0.25) is 0 Å². The third kappa shape index (κ3) is 0.918. The molecule has 0 aromatic carbocycles. The molecule has 3 nitrogen and oxygen atoms in total. The quantitative estimate of drug-likeness (QED) is 0.479. The lowest BCUT2D eigenvalue weighted by Crippen LogP contribution is -1.87. The first-order chi connectivity index (χ1) is 5.88. The smallest absolute Gasteiger partial charge is 0.252 e. The molecule has 0 aliphatic heterocycles. The minimum Gasteiger partial charge on any atom is -0.362 e. The average Bonchev–Trinajstić information content (AvgIpc) is 2.25. The van der Waals surface area contributed by atoms with E-state index in [0.29, 0.717) is 0 Å². The molecule has 3 heteroatoms. The summed E-state index contributed by atoms with van der Waals surface area (Å²) in [5, 5.41) is 3.61. The monoisotopic (exact) mass is 125 g/mol. The normalized spacial score (nSPS) is 16.9. The van der Waals surface area contributed by atoms with E-state index in [2.05, 4.69) is 9.94 Å². The lowest BCUT2D eigenvalue weighted by Gasteiger charge is -1.83. The summed E-state index contributed by atoms with van der Waals surface area (Å²) in [6.45, 7) is 4.28. The molecule has 0 saturated heterocycles. The lowest BCUT2D eigenvalue weighted by atomic mass is 10.5. The molecule has 0 aliphatic carbocycles. The van der Waals surface area contributed by atoms with E-state index >= 15 is 0 Å². The molecule has 46 valence electrons. The summed E-state index contributed by atoms with van der Waals surface area (Å²) in [5.41, 5.74) is -0.319. The zero-order valence-corrected chi connectivity index (χ0v) is 4.84. The molecular formula is C6H7N3. The highest BCUT2D eigenvalue weighted by atomic mass is 15.3. The molecule has 0 amide bonds. The van der Waals surface area contributed by atoms with Gasteiger partial charge in [-0.2, -0.15) is 0 Å². The third-order valence-electron chi connectivity index (χ3n) is 0.893. The average molecular weight is 125 g/mol. The van der Waals surface area contributed by atoms with Gasteiger partial charge in [0.15, 0.2) is 0 Å². The first-order valence-corrected chi connectivity index (χ1v) is 2.29. The van der Waals surface area contributed by atoms with E-state index < -0.39 is 6.85 Å². The Hall–Kier alpha value is -1.30. The molecule has 0 aliphatic rings. The lowest BCUT2D eigenvalue weighted by molar-refractivity contribution is 0.770. The van der Waals surface area contributed by atoms with Crippen molar-refractivity contribution < 1.29 is 5.48 Å². The summed E-state index contributed by atoms with van der Waals surface area (Å²) in [6.07, 6.45) is 0. The maximum Gasteiger partial charge on any atom is 0.252 e. The molecule has 1 aromatic heterocycles. The third-order valence-corrected chi connectivity index (χ3v) is 0.893. The molecule has 0 radical (unpaired) electrons. The summed E-state index contributed by atoms with van der Waals surface area (Å²) in [7, 11) is 1.45. The largest absolute Gasteiger partial charge is 0.362 e. The Bertz CT molecular complexity index is 370. The summed E-state index contributed by atoms with van der Waals surface area (Å²) < 4.78 is 29.6. The van der Waals surface area contributed by atoms with Crippen molar-refractivity contribution in [1.29, 1.82) is 0 Å². The van der Waals surface area contributed by atoms with Gasteiger partial charge in [-0.1, -0.05) is 6.57 Å². The van der Waals surface area contributed by atoms with E-state index in [1.165, 1.54) is 7.05 Å². The zero-order valence-electron chi connectivity index (χ0n) is 8.84. The van der Waals surface area contributed by atoms with Crippen LogP contribution in [-0.4, -0.2) is 9.78 Å². The SMILES string of the molecule is [2H]c1c(C([2H])([2H])[2H])nn(C)c1[N+]#[C-]. The topological polar surface area (TPSA) is 22.2 Å². The summed E-state index contributed by atoms with van der Waals surface area (Å²) in [4.78, 5) is 3.02. The van der Waals surface area contributed by atoms with Crippen LogP contribution in [0, 0.1) is 13.4 Å². The first kappa shape index (κ1) is 2.53. The fourth-order valence-corrected chi connectivity index (χ4v) is 0.509. The van der Waals surface area contributed by atoms with Crippen LogP contribution in [0.4, 0.5) is 5.82 Å². The maximum atomic E-state index is 7.37. The van der Waals surface area contributed by atoms with Crippen molar-refractivity contribution in [2.45, 2.75) is 6.85 Å². The van der Waals surface area contributed by atoms with Gasteiger partial charge in [0, 0.05) is 4.11 Å². The second-order valence-electron chi connectivity index (χ2n) is 1.53. The van der Waals surface area contributed by atoms with Gasteiger partial charge in [-0.25, -0.2) is 4.68 Å². The van der Waals surface area contributed by atoms with Crippen LogP contribution in [-0.2, 0) is 7.05 Å². The van der Waals surface area contributed by atoms with Crippen LogP contribution < -0.4 is 0 Å². The Balaban J connectivity index is 3.37. The fourth-order valence-electron chi connectivity index (χ4n) is 0.509. The van der Waals surface area contributed by atoms with Crippen LogP contribution in [0.1, 0.15) is 11.2 Å². The predicted octanol–water partition coefficient (Wildman–Crippen LogP) is 1.28. The molecule has 1 heterocycles. The van der Waals surface area contributed by atoms with Crippen LogP contribution in [0.5, 0.6) is 0 Å². The molecule has 0 spiro atoms. The van der Waals surface area contributed by atoms with E-state index in [-0.39, 0.29) is 17.6 Å². The highest BCUT2D eigenvalue weighted by Gasteiger charge is 1.98. The Kier molecular flexibility index (Phi) is 0.533. The van der Waals surface area contributed by atoms with Gasteiger partial charge in [0.05, 0.1) is 14.1 Å². The van der Waals surface area contributed by atoms with Gasteiger partial charge in [-0.05, 0) is 12.9 Å². The molecule has 0 unspecified atom stereocenters. The number of aromatic nitrogens is 2. The summed E-state index contributed by atoms with van der Waals surface area (Å²) in [6, 6.07) is -0.308. The molecule has 9 heavy (non-hydrogen) atoms. The van der Waals surface area contributed by atoms with E-state index in [0.717, 1.165) is 4.68 Å². The molecule has 0 fully saturated rings. The van der Waals surface area contributed by atoms with Gasteiger partial charge >= 0.3 is 0 Å². The molecular weight excluding hydrogens is 114 g/mol. The van der Waals surface area contributed by atoms with Crippen molar-refractivity contribution in [2.75, 3.05) is 0 Å².